The summed E-state index contributed by atoms with van der Waals surface area (Å²) in [4.78, 5) is 3.99. The Labute approximate surface area is 108 Å². The van der Waals surface area contributed by atoms with Gasteiger partial charge in [-0.2, -0.15) is 0 Å². The second-order valence-corrected chi connectivity index (χ2v) is 4.27. The third-order valence-corrected chi connectivity index (χ3v) is 2.80. The van der Waals surface area contributed by atoms with Crippen LogP contribution >= 0.6 is 23.2 Å². The highest BCUT2D eigenvalue weighted by molar-refractivity contribution is 6.39. The van der Waals surface area contributed by atoms with E-state index in [-0.39, 0.29) is 10.0 Å². The SMILES string of the molecule is Fc1cc(Cl)c(NCc2cccnc2)c(Cl)c1. The van der Waals surface area contributed by atoms with Crippen molar-refractivity contribution in [1.82, 2.24) is 4.98 Å². The summed E-state index contributed by atoms with van der Waals surface area (Å²) in [6.07, 6.45) is 3.43. The first-order valence-electron chi connectivity index (χ1n) is 4.94. The molecule has 0 unspecified atom stereocenters. The minimum atomic E-state index is -0.452. The average molecular weight is 271 g/mol. The fraction of sp³-hybridized carbons (Fsp3) is 0.0833. The van der Waals surface area contributed by atoms with Gasteiger partial charge in [-0.05, 0) is 23.8 Å². The van der Waals surface area contributed by atoms with Gasteiger partial charge in [0.05, 0.1) is 15.7 Å². The zero-order valence-corrected chi connectivity index (χ0v) is 10.3. The Morgan fingerprint density at radius 2 is 1.94 bits per heavy atom. The second kappa shape index (κ2) is 5.34. The molecule has 0 spiro atoms. The van der Waals surface area contributed by atoms with E-state index < -0.39 is 5.82 Å². The third kappa shape index (κ3) is 3.08. The molecular weight excluding hydrogens is 262 g/mol. The minimum Gasteiger partial charge on any atom is -0.378 e. The van der Waals surface area contributed by atoms with E-state index in [1.807, 2.05) is 12.1 Å². The Hall–Kier alpha value is -1.32. The highest BCUT2D eigenvalue weighted by atomic mass is 35.5. The van der Waals surface area contributed by atoms with Crippen molar-refractivity contribution in [3.63, 3.8) is 0 Å². The first-order chi connectivity index (χ1) is 8.16. The molecule has 0 saturated carbocycles. The van der Waals surface area contributed by atoms with Crippen LogP contribution in [0.3, 0.4) is 0 Å². The summed E-state index contributed by atoms with van der Waals surface area (Å²) in [5.41, 5.74) is 1.52. The molecule has 0 aliphatic rings. The lowest BCUT2D eigenvalue weighted by Crippen LogP contribution is -2.01. The lowest BCUT2D eigenvalue weighted by atomic mass is 10.2. The lowest BCUT2D eigenvalue weighted by molar-refractivity contribution is 0.628. The van der Waals surface area contributed by atoms with Gasteiger partial charge in [-0.1, -0.05) is 29.3 Å². The van der Waals surface area contributed by atoms with Crippen molar-refractivity contribution in [3.05, 3.63) is 58.1 Å². The number of hydrogen-bond donors (Lipinski definition) is 1. The van der Waals surface area contributed by atoms with Gasteiger partial charge in [0.15, 0.2) is 0 Å². The molecule has 88 valence electrons. The van der Waals surface area contributed by atoms with Crippen LogP contribution in [0.25, 0.3) is 0 Å². The van der Waals surface area contributed by atoms with Crippen LogP contribution in [0.1, 0.15) is 5.56 Å². The van der Waals surface area contributed by atoms with Gasteiger partial charge in [0.1, 0.15) is 5.82 Å². The Morgan fingerprint density at radius 3 is 2.53 bits per heavy atom. The van der Waals surface area contributed by atoms with Gasteiger partial charge in [-0.15, -0.1) is 0 Å². The minimum absolute atomic E-state index is 0.263. The summed E-state index contributed by atoms with van der Waals surface area (Å²) in [6, 6.07) is 6.20. The van der Waals surface area contributed by atoms with Crippen molar-refractivity contribution < 1.29 is 4.39 Å². The van der Waals surface area contributed by atoms with E-state index in [1.165, 1.54) is 12.1 Å². The van der Waals surface area contributed by atoms with Crippen molar-refractivity contribution in [2.45, 2.75) is 6.54 Å². The third-order valence-electron chi connectivity index (χ3n) is 2.20. The van der Waals surface area contributed by atoms with Crippen molar-refractivity contribution in [3.8, 4) is 0 Å². The Morgan fingerprint density at radius 1 is 1.24 bits per heavy atom. The van der Waals surface area contributed by atoms with Crippen LogP contribution in [0.15, 0.2) is 36.7 Å². The van der Waals surface area contributed by atoms with E-state index in [0.717, 1.165) is 5.56 Å². The number of pyridine rings is 1. The topological polar surface area (TPSA) is 24.9 Å². The number of rotatable bonds is 3. The highest BCUT2D eigenvalue weighted by Gasteiger charge is 2.07. The predicted molar refractivity (Wildman–Crippen MR) is 68.0 cm³/mol. The van der Waals surface area contributed by atoms with Gasteiger partial charge < -0.3 is 5.32 Å². The molecular formula is C12H9Cl2FN2. The molecule has 5 heteroatoms. The molecule has 1 heterocycles. The molecule has 1 N–H and O–H groups in total. The van der Waals surface area contributed by atoms with Crippen LogP contribution in [0.2, 0.25) is 10.0 Å². The van der Waals surface area contributed by atoms with Crippen LogP contribution in [0, 0.1) is 5.82 Å². The zero-order valence-electron chi connectivity index (χ0n) is 8.75. The standard InChI is InChI=1S/C12H9Cl2FN2/c13-10-4-9(15)5-11(14)12(10)17-7-8-2-1-3-16-6-8/h1-6,17H,7H2. The van der Waals surface area contributed by atoms with E-state index in [1.54, 1.807) is 12.4 Å². The first kappa shape index (κ1) is 12.1. The number of benzene rings is 1. The fourth-order valence-corrected chi connectivity index (χ4v) is 2.00. The molecule has 17 heavy (non-hydrogen) atoms. The van der Waals surface area contributed by atoms with Crippen LogP contribution in [-0.4, -0.2) is 4.98 Å². The number of nitrogens with one attached hydrogen (secondary N) is 1. The van der Waals surface area contributed by atoms with E-state index in [9.17, 15) is 4.39 Å². The monoisotopic (exact) mass is 270 g/mol. The Kier molecular flexibility index (Phi) is 3.82. The van der Waals surface area contributed by atoms with Crippen LogP contribution in [-0.2, 0) is 6.54 Å². The van der Waals surface area contributed by atoms with Crippen LogP contribution in [0.5, 0.6) is 0 Å². The molecule has 0 aliphatic heterocycles. The van der Waals surface area contributed by atoms with Crippen molar-refractivity contribution in [2.24, 2.45) is 0 Å². The molecule has 0 fully saturated rings. The summed E-state index contributed by atoms with van der Waals surface area (Å²) in [6.45, 7) is 0.527. The maximum absolute atomic E-state index is 13.0. The highest BCUT2D eigenvalue weighted by Crippen LogP contribution is 2.31. The maximum Gasteiger partial charge on any atom is 0.126 e. The molecule has 0 saturated heterocycles. The van der Waals surface area contributed by atoms with Gasteiger partial charge in [-0.3, -0.25) is 4.98 Å². The molecule has 0 atom stereocenters. The number of nitrogens with zero attached hydrogens (tertiary/aromatic N) is 1. The number of halogens is 3. The Bertz CT molecular complexity index is 494. The van der Waals surface area contributed by atoms with Crippen LogP contribution in [0.4, 0.5) is 10.1 Å². The summed E-state index contributed by atoms with van der Waals surface area (Å²) < 4.78 is 13.0. The lowest BCUT2D eigenvalue weighted by Gasteiger charge is -2.10. The quantitative estimate of drug-likeness (QED) is 0.907. The van der Waals surface area contributed by atoms with E-state index in [2.05, 4.69) is 10.3 Å². The van der Waals surface area contributed by atoms with E-state index in [0.29, 0.717) is 12.2 Å². The largest absolute Gasteiger partial charge is 0.378 e. The second-order valence-electron chi connectivity index (χ2n) is 3.46. The van der Waals surface area contributed by atoms with Gasteiger partial charge >= 0.3 is 0 Å². The number of hydrogen-bond acceptors (Lipinski definition) is 2. The maximum atomic E-state index is 13.0. The zero-order chi connectivity index (χ0) is 12.3. The van der Waals surface area contributed by atoms with Crippen molar-refractivity contribution in [2.75, 3.05) is 5.32 Å². The van der Waals surface area contributed by atoms with Crippen molar-refractivity contribution >= 4 is 28.9 Å². The molecule has 0 amide bonds. The molecule has 1 aromatic heterocycles. The normalized spacial score (nSPS) is 10.3. The summed E-state index contributed by atoms with van der Waals surface area (Å²) >= 11 is 11.8. The predicted octanol–water partition coefficient (Wildman–Crippen LogP) is 4.14. The Balaban J connectivity index is 2.15. The van der Waals surface area contributed by atoms with E-state index in [4.69, 9.17) is 23.2 Å². The number of aromatic nitrogens is 1. The smallest absolute Gasteiger partial charge is 0.126 e. The molecule has 2 aromatic rings. The van der Waals surface area contributed by atoms with E-state index >= 15 is 0 Å². The van der Waals surface area contributed by atoms with Gasteiger partial charge in [-0.25, -0.2) is 4.39 Å². The summed E-state index contributed by atoms with van der Waals surface area (Å²) in [7, 11) is 0. The molecule has 2 rings (SSSR count). The van der Waals surface area contributed by atoms with Gasteiger partial charge in [0.25, 0.3) is 0 Å². The number of anilines is 1. The summed E-state index contributed by atoms with van der Waals surface area (Å²) in [5, 5.41) is 3.58. The summed E-state index contributed by atoms with van der Waals surface area (Å²) in [5.74, 6) is -0.452. The molecule has 0 aliphatic carbocycles. The first-order valence-corrected chi connectivity index (χ1v) is 5.70. The van der Waals surface area contributed by atoms with Crippen LogP contribution < -0.4 is 5.32 Å². The fourth-order valence-electron chi connectivity index (χ4n) is 1.40. The molecule has 1 aromatic carbocycles. The van der Waals surface area contributed by atoms with Gasteiger partial charge in [0.2, 0.25) is 0 Å². The molecule has 2 nitrogen and oxygen atoms in total. The molecule has 0 bridgehead atoms. The van der Waals surface area contributed by atoms with Gasteiger partial charge in [0, 0.05) is 18.9 Å². The molecule has 0 radical (unpaired) electrons. The average Bonchev–Trinajstić information content (AvgIpc) is 2.29. The van der Waals surface area contributed by atoms with Crippen molar-refractivity contribution in [1.29, 1.82) is 0 Å².